The van der Waals surface area contributed by atoms with Gasteiger partial charge in [0.1, 0.15) is 0 Å². The van der Waals surface area contributed by atoms with Crippen molar-refractivity contribution in [3.63, 3.8) is 0 Å². The number of hydrogen-bond donors (Lipinski definition) is 1. The average Bonchev–Trinajstić information content (AvgIpc) is 2.72. The second-order valence-corrected chi connectivity index (χ2v) is 10.5. The number of hydrogen-bond acceptors (Lipinski definition) is 3. The first-order valence-electron chi connectivity index (χ1n) is 9.52. The van der Waals surface area contributed by atoms with Crippen LogP contribution >= 0.6 is 27.5 Å². The molecule has 0 bridgehead atoms. The van der Waals surface area contributed by atoms with Gasteiger partial charge in [0.15, 0.2) is 0 Å². The summed E-state index contributed by atoms with van der Waals surface area (Å²) in [4.78, 5) is 12.9. The van der Waals surface area contributed by atoms with Gasteiger partial charge in [0, 0.05) is 21.7 Å². The highest BCUT2D eigenvalue weighted by molar-refractivity contribution is 9.10. The molecule has 1 amide bonds. The predicted octanol–water partition coefficient (Wildman–Crippen LogP) is 5.55. The zero-order valence-corrected chi connectivity index (χ0v) is 20.3. The van der Waals surface area contributed by atoms with E-state index in [0.29, 0.717) is 10.7 Å². The number of amides is 1. The lowest BCUT2D eigenvalue weighted by Crippen LogP contribution is -2.37. The van der Waals surface area contributed by atoms with E-state index in [0.717, 1.165) is 21.2 Å². The SMILES string of the molecule is Cc1ccc(S(=O)(=O)N(CC(=O)Nc2cc(Cl)ccc2C)Cc2ccc(Br)cc2)cc1. The van der Waals surface area contributed by atoms with Crippen LogP contribution in [-0.4, -0.2) is 25.2 Å². The normalized spacial score (nSPS) is 11.5. The third-order valence-corrected chi connectivity index (χ3v) is 7.29. The minimum absolute atomic E-state index is 0.0610. The fourth-order valence-corrected chi connectivity index (χ4v) is 4.78. The fourth-order valence-electron chi connectivity index (χ4n) is 2.96. The first-order chi connectivity index (χ1) is 14.6. The van der Waals surface area contributed by atoms with Gasteiger partial charge in [0.05, 0.1) is 11.4 Å². The second-order valence-electron chi connectivity index (χ2n) is 7.22. The molecule has 0 aromatic heterocycles. The van der Waals surface area contributed by atoms with Gasteiger partial charge in [-0.3, -0.25) is 4.79 Å². The van der Waals surface area contributed by atoms with Crippen LogP contribution in [0.25, 0.3) is 0 Å². The number of aryl methyl sites for hydroxylation is 2. The zero-order valence-electron chi connectivity index (χ0n) is 17.1. The highest BCUT2D eigenvalue weighted by Gasteiger charge is 2.27. The summed E-state index contributed by atoms with van der Waals surface area (Å²) in [7, 11) is -3.90. The smallest absolute Gasteiger partial charge is 0.243 e. The highest BCUT2D eigenvalue weighted by atomic mass is 79.9. The Bertz CT molecular complexity index is 1180. The molecule has 0 fully saturated rings. The lowest BCUT2D eigenvalue weighted by Gasteiger charge is -2.22. The van der Waals surface area contributed by atoms with E-state index in [1.54, 1.807) is 42.5 Å². The van der Waals surface area contributed by atoms with Crippen molar-refractivity contribution in [2.24, 2.45) is 0 Å². The molecule has 1 N–H and O–H groups in total. The molecule has 3 rings (SSSR count). The minimum atomic E-state index is -3.90. The van der Waals surface area contributed by atoms with Gasteiger partial charge in [0.2, 0.25) is 15.9 Å². The molecule has 0 aliphatic carbocycles. The Morgan fingerprint density at radius 3 is 2.29 bits per heavy atom. The highest BCUT2D eigenvalue weighted by Crippen LogP contribution is 2.22. The quantitative estimate of drug-likeness (QED) is 0.443. The van der Waals surface area contributed by atoms with Crippen LogP contribution in [-0.2, 0) is 21.4 Å². The molecule has 162 valence electrons. The van der Waals surface area contributed by atoms with Crippen LogP contribution in [0.5, 0.6) is 0 Å². The molecule has 0 aliphatic rings. The monoisotopic (exact) mass is 520 g/mol. The molecule has 0 saturated carbocycles. The van der Waals surface area contributed by atoms with E-state index in [9.17, 15) is 13.2 Å². The molecule has 3 aromatic carbocycles. The van der Waals surface area contributed by atoms with Crippen molar-refractivity contribution in [3.05, 3.63) is 92.9 Å². The van der Waals surface area contributed by atoms with E-state index in [1.165, 1.54) is 4.31 Å². The van der Waals surface area contributed by atoms with Crippen molar-refractivity contribution >= 4 is 49.1 Å². The average molecular weight is 522 g/mol. The van der Waals surface area contributed by atoms with Crippen molar-refractivity contribution in [3.8, 4) is 0 Å². The lowest BCUT2D eigenvalue weighted by molar-refractivity contribution is -0.116. The van der Waals surface area contributed by atoms with Gasteiger partial charge < -0.3 is 5.32 Å². The molecular weight excluding hydrogens is 500 g/mol. The molecule has 3 aromatic rings. The Balaban J connectivity index is 1.89. The van der Waals surface area contributed by atoms with Crippen LogP contribution in [0.1, 0.15) is 16.7 Å². The number of carbonyl (C=O) groups excluding carboxylic acids is 1. The molecule has 0 radical (unpaired) electrons. The van der Waals surface area contributed by atoms with Crippen molar-refractivity contribution < 1.29 is 13.2 Å². The number of sulfonamides is 1. The van der Waals surface area contributed by atoms with E-state index in [2.05, 4.69) is 21.2 Å². The number of carbonyl (C=O) groups is 1. The first kappa shape index (κ1) is 23.5. The molecule has 8 heteroatoms. The maximum atomic E-state index is 13.3. The molecule has 31 heavy (non-hydrogen) atoms. The third kappa shape index (κ3) is 6.17. The summed E-state index contributed by atoms with van der Waals surface area (Å²) in [5.41, 5.74) is 3.10. The van der Waals surface area contributed by atoms with Gasteiger partial charge in [-0.25, -0.2) is 8.42 Å². The van der Waals surface area contributed by atoms with Crippen LogP contribution in [0.2, 0.25) is 5.02 Å². The minimum Gasteiger partial charge on any atom is -0.325 e. The Labute approximate surface area is 196 Å². The summed E-state index contributed by atoms with van der Waals surface area (Å²) >= 11 is 9.41. The predicted molar refractivity (Wildman–Crippen MR) is 128 cm³/mol. The van der Waals surface area contributed by atoms with Crippen molar-refractivity contribution in [1.29, 1.82) is 0 Å². The van der Waals surface area contributed by atoms with Gasteiger partial charge >= 0.3 is 0 Å². The van der Waals surface area contributed by atoms with Gasteiger partial charge in [-0.05, 0) is 61.4 Å². The molecule has 0 unspecified atom stereocenters. The number of nitrogens with one attached hydrogen (secondary N) is 1. The standard InChI is InChI=1S/C23H22BrClN2O3S/c1-16-3-11-21(12-4-16)31(29,30)27(14-18-6-8-19(24)9-7-18)15-23(28)26-22-13-20(25)10-5-17(22)2/h3-13H,14-15H2,1-2H3,(H,26,28). The number of nitrogens with zero attached hydrogens (tertiary/aromatic N) is 1. The Morgan fingerprint density at radius 2 is 1.65 bits per heavy atom. The Hall–Kier alpha value is -2.19. The molecule has 0 aliphatic heterocycles. The van der Waals surface area contributed by atoms with E-state index >= 15 is 0 Å². The number of halogens is 2. The fraction of sp³-hybridized carbons (Fsp3) is 0.174. The van der Waals surface area contributed by atoms with Crippen molar-refractivity contribution in [2.75, 3.05) is 11.9 Å². The van der Waals surface area contributed by atoms with Gasteiger partial charge in [-0.15, -0.1) is 0 Å². The largest absolute Gasteiger partial charge is 0.325 e. The van der Waals surface area contributed by atoms with Crippen LogP contribution in [0.4, 0.5) is 5.69 Å². The molecule has 0 heterocycles. The first-order valence-corrected chi connectivity index (χ1v) is 12.1. The Morgan fingerprint density at radius 1 is 1.00 bits per heavy atom. The number of benzene rings is 3. The zero-order chi connectivity index (χ0) is 22.6. The summed E-state index contributed by atoms with van der Waals surface area (Å²) in [6.45, 7) is 3.45. The summed E-state index contributed by atoms with van der Waals surface area (Å²) in [6, 6.07) is 19.1. The number of rotatable bonds is 7. The molecule has 5 nitrogen and oxygen atoms in total. The summed E-state index contributed by atoms with van der Waals surface area (Å²) in [5.74, 6) is -0.446. The van der Waals surface area contributed by atoms with Crippen LogP contribution in [0.3, 0.4) is 0 Å². The van der Waals surface area contributed by atoms with Crippen LogP contribution in [0.15, 0.2) is 76.1 Å². The third-order valence-electron chi connectivity index (χ3n) is 4.72. The van der Waals surface area contributed by atoms with Gasteiger partial charge in [-0.2, -0.15) is 4.31 Å². The summed E-state index contributed by atoms with van der Waals surface area (Å²) in [6.07, 6.45) is 0. The van der Waals surface area contributed by atoms with Crippen molar-refractivity contribution in [2.45, 2.75) is 25.3 Å². The van der Waals surface area contributed by atoms with Crippen LogP contribution in [0, 0.1) is 13.8 Å². The van der Waals surface area contributed by atoms with Gasteiger partial charge in [-0.1, -0.05) is 63.4 Å². The maximum absolute atomic E-state index is 13.3. The topological polar surface area (TPSA) is 66.5 Å². The molecular formula is C23H22BrClN2O3S. The molecule has 0 spiro atoms. The van der Waals surface area contributed by atoms with E-state index in [4.69, 9.17) is 11.6 Å². The van der Waals surface area contributed by atoms with Crippen LogP contribution < -0.4 is 5.32 Å². The van der Waals surface area contributed by atoms with E-state index < -0.39 is 15.9 Å². The lowest BCUT2D eigenvalue weighted by atomic mass is 10.2. The Kier molecular flexibility index (Phi) is 7.54. The van der Waals surface area contributed by atoms with Gasteiger partial charge in [0.25, 0.3) is 0 Å². The molecule has 0 atom stereocenters. The number of anilines is 1. The van der Waals surface area contributed by atoms with E-state index in [-0.39, 0.29) is 18.0 Å². The maximum Gasteiger partial charge on any atom is 0.243 e. The van der Waals surface area contributed by atoms with Crippen molar-refractivity contribution in [1.82, 2.24) is 4.31 Å². The second kappa shape index (κ2) is 9.96. The summed E-state index contributed by atoms with van der Waals surface area (Å²) < 4.78 is 28.7. The molecule has 0 saturated heterocycles. The summed E-state index contributed by atoms with van der Waals surface area (Å²) in [5, 5.41) is 3.26. The van der Waals surface area contributed by atoms with E-state index in [1.807, 2.05) is 38.1 Å².